The van der Waals surface area contributed by atoms with Crippen LogP contribution < -0.4 is 11.1 Å². The fourth-order valence-corrected chi connectivity index (χ4v) is 2.18. The van der Waals surface area contributed by atoms with Crippen LogP contribution in [-0.4, -0.2) is 32.4 Å². The van der Waals surface area contributed by atoms with Crippen molar-refractivity contribution in [3.8, 4) is 11.4 Å². The number of amides is 3. The van der Waals surface area contributed by atoms with E-state index in [-0.39, 0.29) is 0 Å². The number of carbonyl (C=O) groups is 2. The van der Waals surface area contributed by atoms with E-state index in [1.165, 1.54) is 0 Å². The third-order valence-electron chi connectivity index (χ3n) is 2.41. The van der Waals surface area contributed by atoms with Crippen molar-refractivity contribution in [3.63, 3.8) is 0 Å². The Balaban J connectivity index is 2.03. The first kappa shape index (κ1) is 14.1. The molecule has 0 saturated carbocycles. The van der Waals surface area contributed by atoms with Crippen molar-refractivity contribution >= 4 is 23.7 Å². The summed E-state index contributed by atoms with van der Waals surface area (Å²) in [7, 11) is 0. The minimum Gasteiger partial charge on any atom is -0.351 e. The lowest BCUT2D eigenvalue weighted by Gasteiger charge is -2.06. The van der Waals surface area contributed by atoms with Crippen LogP contribution in [0.15, 0.2) is 35.5 Å². The van der Waals surface area contributed by atoms with Crippen LogP contribution >= 0.6 is 11.8 Å². The van der Waals surface area contributed by atoms with Crippen LogP contribution in [0, 0.1) is 0 Å². The van der Waals surface area contributed by atoms with E-state index in [9.17, 15) is 9.59 Å². The zero-order valence-corrected chi connectivity index (χ0v) is 11.5. The number of primary amides is 1. The molecule has 0 saturated heterocycles. The number of aromatic nitrogens is 3. The summed E-state index contributed by atoms with van der Waals surface area (Å²) in [5, 5.41) is 8.74. The van der Waals surface area contributed by atoms with Gasteiger partial charge in [-0.25, -0.2) is 9.78 Å². The molecule has 0 aliphatic rings. The molecule has 0 radical (unpaired) electrons. The summed E-state index contributed by atoms with van der Waals surface area (Å²) in [4.78, 5) is 26.4. The Hall–Kier alpha value is -2.35. The first-order valence-electron chi connectivity index (χ1n) is 5.81. The Morgan fingerprint density at radius 2 is 2.05 bits per heavy atom. The molecule has 0 fully saturated rings. The minimum absolute atomic E-state index is 0.427. The number of nitrogens with zero attached hydrogens (tertiary/aromatic N) is 2. The van der Waals surface area contributed by atoms with E-state index in [0.717, 1.165) is 17.3 Å². The smallest absolute Gasteiger partial charge is 0.318 e. The molecule has 8 heteroatoms. The summed E-state index contributed by atoms with van der Waals surface area (Å²) in [5.41, 5.74) is 5.79. The Morgan fingerprint density at radius 1 is 1.35 bits per heavy atom. The first-order valence-corrected chi connectivity index (χ1v) is 6.69. The lowest BCUT2D eigenvalue weighted by atomic mass is 10.2. The van der Waals surface area contributed by atoms with Gasteiger partial charge in [-0.05, 0) is 6.92 Å². The van der Waals surface area contributed by atoms with Crippen molar-refractivity contribution < 1.29 is 9.59 Å². The van der Waals surface area contributed by atoms with E-state index in [2.05, 4.69) is 15.2 Å². The zero-order valence-electron chi connectivity index (χ0n) is 10.7. The average molecular weight is 291 g/mol. The maximum Gasteiger partial charge on any atom is 0.318 e. The molecule has 0 bridgehead atoms. The number of carbonyl (C=O) groups excluding carboxylic acids is 2. The molecule has 1 heterocycles. The van der Waals surface area contributed by atoms with Crippen molar-refractivity contribution in [2.24, 2.45) is 5.73 Å². The molecule has 3 amide bonds. The molecular formula is C12H13N5O2S. The standard InChI is InChI=1S/C12H13N5O2S/c1-7(10(18)15-11(13)19)20-12-14-9(16-17-12)8-5-3-2-4-6-8/h2-7H,1H3,(H,14,16,17)(H3,13,15,18,19)/t7-/m0/s1. The summed E-state index contributed by atoms with van der Waals surface area (Å²) in [6.07, 6.45) is 0. The third kappa shape index (κ3) is 3.58. The van der Waals surface area contributed by atoms with Crippen LogP contribution in [0.3, 0.4) is 0 Å². The van der Waals surface area contributed by atoms with E-state index in [1.807, 2.05) is 35.6 Å². The van der Waals surface area contributed by atoms with Crippen LogP contribution in [0.25, 0.3) is 11.4 Å². The molecular weight excluding hydrogens is 278 g/mol. The van der Waals surface area contributed by atoms with Gasteiger partial charge in [0, 0.05) is 5.56 Å². The number of H-pyrrole nitrogens is 1. The highest BCUT2D eigenvalue weighted by molar-refractivity contribution is 8.00. The normalized spacial score (nSPS) is 11.8. The number of nitrogens with two attached hydrogens (primary N) is 1. The molecule has 7 nitrogen and oxygen atoms in total. The predicted molar refractivity (Wildman–Crippen MR) is 74.9 cm³/mol. The summed E-state index contributed by atoms with van der Waals surface area (Å²) in [5.74, 6) is 0.143. The zero-order chi connectivity index (χ0) is 14.5. The highest BCUT2D eigenvalue weighted by Gasteiger charge is 2.18. The topological polar surface area (TPSA) is 114 Å². The average Bonchev–Trinajstić information content (AvgIpc) is 2.87. The number of hydrogen-bond acceptors (Lipinski definition) is 5. The molecule has 0 unspecified atom stereocenters. The van der Waals surface area contributed by atoms with Crippen LogP contribution in [0.5, 0.6) is 0 Å². The van der Waals surface area contributed by atoms with Crippen LogP contribution in [0.4, 0.5) is 4.79 Å². The van der Waals surface area contributed by atoms with Gasteiger partial charge in [0.2, 0.25) is 11.1 Å². The summed E-state index contributed by atoms with van der Waals surface area (Å²) in [6, 6.07) is 8.63. The molecule has 1 aromatic carbocycles. The SMILES string of the molecule is C[C@H](Sc1n[nH]c(-c2ccccc2)n1)C(=O)NC(N)=O. The quantitative estimate of drug-likeness (QED) is 0.731. The molecule has 0 aliphatic heterocycles. The number of aromatic amines is 1. The fraction of sp³-hybridized carbons (Fsp3) is 0.167. The Bertz CT molecular complexity index is 613. The maximum absolute atomic E-state index is 11.5. The maximum atomic E-state index is 11.5. The lowest BCUT2D eigenvalue weighted by molar-refractivity contribution is -0.119. The van der Waals surface area contributed by atoms with Crippen molar-refractivity contribution in [2.45, 2.75) is 17.3 Å². The number of urea groups is 1. The van der Waals surface area contributed by atoms with Crippen LogP contribution in [0.2, 0.25) is 0 Å². The van der Waals surface area contributed by atoms with Gasteiger partial charge in [-0.3, -0.25) is 15.2 Å². The second kappa shape index (κ2) is 6.20. The Labute approximate surface area is 119 Å². The minimum atomic E-state index is -0.873. The highest BCUT2D eigenvalue weighted by atomic mass is 32.2. The molecule has 2 rings (SSSR count). The number of thioether (sulfide) groups is 1. The van der Waals surface area contributed by atoms with Crippen molar-refractivity contribution in [2.75, 3.05) is 0 Å². The van der Waals surface area contributed by atoms with Crippen molar-refractivity contribution in [1.82, 2.24) is 20.5 Å². The number of nitrogens with one attached hydrogen (secondary N) is 2. The molecule has 0 spiro atoms. The van der Waals surface area contributed by atoms with Gasteiger partial charge >= 0.3 is 6.03 Å². The highest BCUT2D eigenvalue weighted by Crippen LogP contribution is 2.22. The van der Waals surface area contributed by atoms with Crippen LogP contribution in [0.1, 0.15) is 6.92 Å². The van der Waals surface area contributed by atoms with Gasteiger partial charge in [-0.2, -0.15) is 0 Å². The van der Waals surface area contributed by atoms with Gasteiger partial charge < -0.3 is 5.73 Å². The molecule has 20 heavy (non-hydrogen) atoms. The Morgan fingerprint density at radius 3 is 2.70 bits per heavy atom. The van der Waals surface area contributed by atoms with E-state index >= 15 is 0 Å². The summed E-state index contributed by atoms with van der Waals surface area (Å²) >= 11 is 1.14. The fourth-order valence-electron chi connectivity index (χ4n) is 1.46. The molecule has 1 atom stereocenters. The molecule has 4 N–H and O–H groups in total. The van der Waals surface area contributed by atoms with Gasteiger partial charge in [-0.1, -0.05) is 42.1 Å². The number of hydrogen-bond donors (Lipinski definition) is 3. The van der Waals surface area contributed by atoms with Crippen molar-refractivity contribution in [3.05, 3.63) is 30.3 Å². The van der Waals surface area contributed by atoms with Gasteiger partial charge in [0.05, 0.1) is 5.25 Å². The van der Waals surface area contributed by atoms with Crippen molar-refractivity contribution in [1.29, 1.82) is 0 Å². The van der Waals surface area contributed by atoms with Gasteiger partial charge in [-0.15, -0.1) is 5.10 Å². The number of rotatable bonds is 4. The second-order valence-electron chi connectivity index (χ2n) is 3.95. The number of benzene rings is 1. The third-order valence-corrected chi connectivity index (χ3v) is 3.37. The lowest BCUT2D eigenvalue weighted by Crippen LogP contribution is -2.39. The molecule has 104 valence electrons. The monoisotopic (exact) mass is 291 g/mol. The van der Waals surface area contributed by atoms with Gasteiger partial charge in [0.1, 0.15) is 0 Å². The molecule has 2 aromatic rings. The second-order valence-corrected chi connectivity index (χ2v) is 5.25. The van der Waals surface area contributed by atoms with E-state index < -0.39 is 17.2 Å². The van der Waals surface area contributed by atoms with Gasteiger partial charge in [0.15, 0.2) is 5.82 Å². The molecule has 0 aliphatic carbocycles. The number of imide groups is 1. The molecule has 1 aromatic heterocycles. The Kier molecular flexibility index (Phi) is 4.36. The summed E-state index contributed by atoms with van der Waals surface area (Å²) < 4.78 is 0. The predicted octanol–water partition coefficient (Wildman–Crippen LogP) is 1.15. The summed E-state index contributed by atoms with van der Waals surface area (Å²) in [6.45, 7) is 1.64. The largest absolute Gasteiger partial charge is 0.351 e. The van der Waals surface area contributed by atoms with E-state index in [0.29, 0.717) is 11.0 Å². The van der Waals surface area contributed by atoms with Gasteiger partial charge in [0.25, 0.3) is 0 Å². The van der Waals surface area contributed by atoms with Crippen LogP contribution in [-0.2, 0) is 4.79 Å². The van der Waals surface area contributed by atoms with E-state index in [1.54, 1.807) is 6.92 Å². The first-order chi connectivity index (χ1) is 9.56. The van der Waals surface area contributed by atoms with E-state index in [4.69, 9.17) is 5.73 Å².